The lowest BCUT2D eigenvalue weighted by Crippen LogP contribution is -2.36. The first-order chi connectivity index (χ1) is 32.0. The van der Waals surface area contributed by atoms with Crippen LogP contribution in [0.3, 0.4) is 0 Å². The molecule has 0 saturated carbocycles. The van der Waals surface area contributed by atoms with Crippen LogP contribution in [0.25, 0.3) is 60.5 Å². The van der Waals surface area contributed by atoms with E-state index in [1.54, 1.807) is 0 Å². The lowest BCUT2D eigenvalue weighted by Gasteiger charge is -2.45. The highest BCUT2D eigenvalue weighted by Crippen LogP contribution is 2.62. The summed E-state index contributed by atoms with van der Waals surface area (Å²) in [6.07, 6.45) is 0. The second-order valence-electron chi connectivity index (χ2n) is 18.4. The number of rotatable bonds is 4. The summed E-state index contributed by atoms with van der Waals surface area (Å²) in [4.78, 5) is 2.41. The highest BCUT2D eigenvalue weighted by Gasteiger charge is 2.49. The number of anilines is 3. The molecule has 3 aliphatic rings. The number of benzene rings is 10. The Balaban J connectivity index is 0.998. The zero-order valence-corrected chi connectivity index (χ0v) is 36.1. The first-order valence-electron chi connectivity index (χ1n) is 22.7. The van der Waals surface area contributed by atoms with Gasteiger partial charge in [0.15, 0.2) is 0 Å². The molecule has 0 saturated heterocycles. The zero-order chi connectivity index (χ0) is 43.0. The third-order valence-electron chi connectivity index (χ3n) is 14.8. The SMILES string of the molecule is CC1(C)c2ccccc2-c2cc(-n3c4ccccc4c4cc(N(c5ccccc5)c5ccc6c(c5)C5(c7ccccc7O6)c6ccccc6-c6cccc7cccc5c67)ccc43)ccc21. The molecule has 1 atom stereocenters. The van der Waals surface area contributed by atoms with Crippen LogP contribution in [0.5, 0.6) is 11.5 Å². The highest BCUT2D eigenvalue weighted by molar-refractivity contribution is 6.11. The first kappa shape index (κ1) is 36.4. The van der Waals surface area contributed by atoms with Gasteiger partial charge in [-0.05, 0) is 128 Å². The summed E-state index contributed by atoms with van der Waals surface area (Å²) in [6, 6.07) is 80.7. The van der Waals surface area contributed by atoms with E-state index in [0.717, 1.165) is 39.7 Å². The minimum absolute atomic E-state index is 0.0505. The third-order valence-corrected chi connectivity index (χ3v) is 14.8. The summed E-state index contributed by atoms with van der Waals surface area (Å²) in [7, 11) is 0. The average Bonchev–Trinajstić information content (AvgIpc) is 3.80. The van der Waals surface area contributed by atoms with E-state index in [-0.39, 0.29) is 5.41 Å². The van der Waals surface area contributed by atoms with E-state index in [1.807, 2.05) is 0 Å². The van der Waals surface area contributed by atoms with Gasteiger partial charge in [-0.1, -0.05) is 159 Å². The van der Waals surface area contributed by atoms with Crippen molar-refractivity contribution in [3.8, 4) is 39.4 Å². The van der Waals surface area contributed by atoms with Gasteiger partial charge in [0.05, 0.1) is 16.4 Å². The monoisotopic (exact) mass is 830 g/mol. The van der Waals surface area contributed by atoms with Crippen LogP contribution in [0.1, 0.15) is 47.2 Å². The maximum atomic E-state index is 6.94. The normalized spacial score (nSPS) is 15.8. The summed E-state index contributed by atoms with van der Waals surface area (Å²) in [6.45, 7) is 4.69. The van der Waals surface area contributed by atoms with Gasteiger partial charge in [-0.15, -0.1) is 0 Å². The van der Waals surface area contributed by atoms with Gasteiger partial charge in [-0.25, -0.2) is 0 Å². The minimum atomic E-state index is -0.643. The van der Waals surface area contributed by atoms with Gasteiger partial charge in [-0.3, -0.25) is 0 Å². The molecular formula is C62H42N2O. The zero-order valence-electron chi connectivity index (χ0n) is 36.1. The van der Waals surface area contributed by atoms with Crippen molar-refractivity contribution in [1.29, 1.82) is 0 Å². The molecule has 0 bridgehead atoms. The van der Waals surface area contributed by atoms with Crippen molar-refractivity contribution >= 4 is 49.6 Å². The van der Waals surface area contributed by atoms with Gasteiger partial charge in [0.1, 0.15) is 11.5 Å². The molecule has 0 amide bonds. The van der Waals surface area contributed by atoms with E-state index < -0.39 is 5.41 Å². The van der Waals surface area contributed by atoms with Crippen molar-refractivity contribution in [3.05, 3.63) is 252 Å². The number of fused-ring (bicyclic) bond motifs is 14. The molecule has 2 heterocycles. The van der Waals surface area contributed by atoms with Gasteiger partial charge in [0, 0.05) is 50.1 Å². The predicted octanol–water partition coefficient (Wildman–Crippen LogP) is 16.2. The Morgan fingerprint density at radius 1 is 0.385 bits per heavy atom. The molecule has 0 radical (unpaired) electrons. The lowest BCUT2D eigenvalue weighted by molar-refractivity contribution is 0.435. The van der Waals surface area contributed by atoms with Gasteiger partial charge in [0.2, 0.25) is 0 Å². The quantitative estimate of drug-likeness (QED) is 0.176. The number of ether oxygens (including phenoxy) is 1. The minimum Gasteiger partial charge on any atom is -0.457 e. The fourth-order valence-electron chi connectivity index (χ4n) is 12.1. The molecule has 3 nitrogen and oxygen atoms in total. The fourth-order valence-corrected chi connectivity index (χ4v) is 12.1. The Bertz CT molecular complexity index is 3800. The number of hydrogen-bond donors (Lipinski definition) is 0. The molecule has 1 unspecified atom stereocenters. The van der Waals surface area contributed by atoms with Gasteiger partial charge < -0.3 is 14.2 Å². The summed E-state index contributed by atoms with van der Waals surface area (Å²) in [5.41, 5.74) is 18.8. The van der Waals surface area contributed by atoms with Crippen molar-refractivity contribution in [3.63, 3.8) is 0 Å². The van der Waals surface area contributed by atoms with Crippen LogP contribution >= 0.6 is 0 Å². The maximum absolute atomic E-state index is 6.94. The Kier molecular flexibility index (Phi) is 7.38. The molecule has 1 spiro atoms. The van der Waals surface area contributed by atoms with Crippen LogP contribution in [0.15, 0.2) is 218 Å². The molecule has 0 fully saturated rings. The van der Waals surface area contributed by atoms with Crippen molar-refractivity contribution in [2.75, 3.05) is 4.90 Å². The number of hydrogen-bond acceptors (Lipinski definition) is 2. The molecule has 3 heteroatoms. The van der Waals surface area contributed by atoms with Crippen LogP contribution in [0.4, 0.5) is 17.1 Å². The largest absolute Gasteiger partial charge is 0.457 e. The van der Waals surface area contributed by atoms with Crippen LogP contribution in [-0.2, 0) is 10.8 Å². The van der Waals surface area contributed by atoms with Crippen LogP contribution in [-0.4, -0.2) is 4.57 Å². The van der Waals surface area contributed by atoms with Crippen molar-refractivity contribution in [2.24, 2.45) is 0 Å². The summed E-state index contributed by atoms with van der Waals surface area (Å²) < 4.78 is 9.39. The standard InChI is InChI=1S/C62H42N2O/c1-61(2)50-24-9-6-21-45(50)48-36-42(30-33-51(48)61)64-56-28-12-8-22-46(56)49-37-41(31-34-57(49)64)63(40-18-4-3-5-19-40)43-32-35-59-55(38-43)62(53-26-11-13-29-58(53)65-59)52-25-10-7-20-44(52)47-23-14-16-39-17-15-27-54(62)60(39)47/h3-38H,1-2H3. The number of aromatic nitrogens is 1. The summed E-state index contributed by atoms with van der Waals surface area (Å²) >= 11 is 0. The molecule has 306 valence electrons. The van der Waals surface area contributed by atoms with Crippen molar-refractivity contribution < 1.29 is 4.74 Å². The molecule has 10 aromatic carbocycles. The fraction of sp³-hybridized carbons (Fsp3) is 0.0645. The van der Waals surface area contributed by atoms with Gasteiger partial charge >= 0.3 is 0 Å². The van der Waals surface area contributed by atoms with Crippen molar-refractivity contribution in [1.82, 2.24) is 4.57 Å². The highest BCUT2D eigenvalue weighted by atomic mass is 16.5. The van der Waals surface area contributed by atoms with E-state index in [1.165, 1.54) is 82.8 Å². The number of nitrogens with zero attached hydrogens (tertiary/aromatic N) is 2. The maximum Gasteiger partial charge on any atom is 0.132 e. The van der Waals surface area contributed by atoms with E-state index in [0.29, 0.717) is 0 Å². The third kappa shape index (κ3) is 4.85. The summed E-state index contributed by atoms with van der Waals surface area (Å²) in [5.74, 6) is 1.75. The molecule has 2 aliphatic carbocycles. The Morgan fingerprint density at radius 2 is 1.00 bits per heavy atom. The molecule has 65 heavy (non-hydrogen) atoms. The number of para-hydroxylation sites is 3. The topological polar surface area (TPSA) is 17.4 Å². The average molecular weight is 831 g/mol. The van der Waals surface area contributed by atoms with Gasteiger partial charge in [-0.2, -0.15) is 0 Å². The second kappa shape index (κ2) is 13.2. The second-order valence-corrected chi connectivity index (χ2v) is 18.4. The van der Waals surface area contributed by atoms with E-state index in [4.69, 9.17) is 4.74 Å². The van der Waals surface area contributed by atoms with E-state index in [2.05, 4.69) is 242 Å². The predicted molar refractivity (Wildman–Crippen MR) is 268 cm³/mol. The molecule has 1 aliphatic heterocycles. The first-order valence-corrected chi connectivity index (χ1v) is 22.7. The van der Waals surface area contributed by atoms with Crippen LogP contribution in [0.2, 0.25) is 0 Å². The molecule has 11 aromatic rings. The smallest absolute Gasteiger partial charge is 0.132 e. The van der Waals surface area contributed by atoms with Crippen LogP contribution in [0, 0.1) is 0 Å². The van der Waals surface area contributed by atoms with E-state index >= 15 is 0 Å². The molecule has 1 aromatic heterocycles. The molecular weight excluding hydrogens is 789 g/mol. The Hall–Kier alpha value is -8.14. The summed E-state index contributed by atoms with van der Waals surface area (Å²) in [5, 5.41) is 4.96. The Labute approximate surface area is 378 Å². The lowest BCUT2D eigenvalue weighted by atomic mass is 9.58. The molecule has 14 rings (SSSR count). The molecule has 0 N–H and O–H groups in total. The Morgan fingerprint density at radius 3 is 1.86 bits per heavy atom. The van der Waals surface area contributed by atoms with Gasteiger partial charge in [0.25, 0.3) is 0 Å². The van der Waals surface area contributed by atoms with E-state index in [9.17, 15) is 0 Å². The van der Waals surface area contributed by atoms with Crippen LogP contribution < -0.4 is 9.64 Å². The van der Waals surface area contributed by atoms with Crippen molar-refractivity contribution in [2.45, 2.75) is 24.7 Å².